The summed E-state index contributed by atoms with van der Waals surface area (Å²) >= 11 is 0. The lowest BCUT2D eigenvalue weighted by molar-refractivity contribution is -0.121. The van der Waals surface area contributed by atoms with Gasteiger partial charge in [0.1, 0.15) is 0 Å². The summed E-state index contributed by atoms with van der Waals surface area (Å²) < 4.78 is 9.26. The molecule has 0 saturated carbocycles. The molecule has 1 amide bonds. The molecule has 1 N–H and O–H groups in total. The molecule has 1 aliphatic heterocycles. The summed E-state index contributed by atoms with van der Waals surface area (Å²) in [5, 5.41) is 2.89. The Hall–Kier alpha value is -2.42. The molecular formula is C15H21N5O4. The van der Waals surface area contributed by atoms with Gasteiger partial charge in [-0.05, 0) is 6.42 Å². The minimum atomic E-state index is -0.422. The Balaban J connectivity index is 1.70. The van der Waals surface area contributed by atoms with Gasteiger partial charge in [-0.15, -0.1) is 0 Å². The Bertz CT molecular complexity index is 872. The first-order valence-corrected chi connectivity index (χ1v) is 7.94. The van der Waals surface area contributed by atoms with Gasteiger partial charge in [-0.3, -0.25) is 18.7 Å². The lowest BCUT2D eigenvalue weighted by Gasteiger charge is -2.10. The van der Waals surface area contributed by atoms with Crippen molar-refractivity contribution in [2.24, 2.45) is 20.0 Å². The molecular weight excluding hydrogens is 314 g/mol. The molecule has 0 aliphatic carbocycles. The fourth-order valence-electron chi connectivity index (χ4n) is 2.88. The highest BCUT2D eigenvalue weighted by atomic mass is 16.5. The standard InChI is InChI=1S/C15H21N5O4/c1-18-13-12(14(22)19(2)15(18)23)20(9-17-13)5-3-11(21)16-7-10-4-6-24-8-10/h9-10H,3-8H2,1-2H3,(H,16,21). The van der Waals surface area contributed by atoms with E-state index < -0.39 is 11.2 Å². The smallest absolute Gasteiger partial charge is 0.332 e. The number of aryl methyl sites for hydroxylation is 2. The average molecular weight is 335 g/mol. The molecule has 1 aliphatic rings. The van der Waals surface area contributed by atoms with E-state index in [9.17, 15) is 14.4 Å². The van der Waals surface area contributed by atoms with Gasteiger partial charge in [0.25, 0.3) is 5.56 Å². The third kappa shape index (κ3) is 2.99. The molecule has 2 aromatic heterocycles. The SMILES string of the molecule is Cn1c(=O)c2c(ncn2CCC(=O)NCC2CCOC2)n(C)c1=O. The molecule has 9 nitrogen and oxygen atoms in total. The molecule has 1 fully saturated rings. The number of rotatable bonds is 5. The molecule has 9 heteroatoms. The van der Waals surface area contributed by atoms with Crippen LogP contribution in [0.3, 0.4) is 0 Å². The quantitative estimate of drug-likeness (QED) is 0.754. The fraction of sp³-hybridized carbons (Fsp3) is 0.600. The number of hydrogen-bond acceptors (Lipinski definition) is 5. The molecule has 1 unspecified atom stereocenters. The summed E-state index contributed by atoms with van der Waals surface area (Å²) in [6.07, 6.45) is 2.70. The number of fused-ring (bicyclic) bond motifs is 1. The fourth-order valence-corrected chi connectivity index (χ4v) is 2.88. The first kappa shape index (κ1) is 16.4. The van der Waals surface area contributed by atoms with Gasteiger partial charge in [0, 0.05) is 46.1 Å². The highest BCUT2D eigenvalue weighted by molar-refractivity contribution is 5.76. The third-order valence-electron chi connectivity index (χ3n) is 4.41. The van der Waals surface area contributed by atoms with Crippen molar-refractivity contribution in [3.63, 3.8) is 0 Å². The van der Waals surface area contributed by atoms with Crippen LogP contribution in [-0.2, 0) is 30.2 Å². The molecule has 24 heavy (non-hydrogen) atoms. The van der Waals surface area contributed by atoms with Crippen molar-refractivity contribution in [2.45, 2.75) is 19.4 Å². The summed E-state index contributed by atoms with van der Waals surface area (Å²) in [7, 11) is 3.00. The number of carbonyl (C=O) groups is 1. The van der Waals surface area contributed by atoms with Gasteiger partial charge >= 0.3 is 5.69 Å². The maximum Gasteiger partial charge on any atom is 0.332 e. The average Bonchev–Trinajstić information content (AvgIpc) is 3.23. The second-order valence-electron chi connectivity index (χ2n) is 6.10. The zero-order valence-corrected chi connectivity index (χ0v) is 13.8. The van der Waals surface area contributed by atoms with Gasteiger partial charge in [-0.25, -0.2) is 9.78 Å². The molecule has 1 atom stereocenters. The van der Waals surface area contributed by atoms with Gasteiger partial charge in [0.15, 0.2) is 11.2 Å². The predicted molar refractivity (Wildman–Crippen MR) is 86.8 cm³/mol. The van der Waals surface area contributed by atoms with E-state index >= 15 is 0 Å². The van der Waals surface area contributed by atoms with Crippen molar-refractivity contribution < 1.29 is 9.53 Å². The van der Waals surface area contributed by atoms with Crippen LogP contribution < -0.4 is 16.6 Å². The monoisotopic (exact) mass is 335 g/mol. The molecule has 0 radical (unpaired) electrons. The van der Waals surface area contributed by atoms with Crippen molar-refractivity contribution in [3.8, 4) is 0 Å². The maximum absolute atomic E-state index is 12.3. The van der Waals surface area contributed by atoms with Gasteiger partial charge < -0.3 is 14.6 Å². The van der Waals surface area contributed by atoms with Gasteiger partial charge in [0.2, 0.25) is 5.91 Å². The van der Waals surface area contributed by atoms with Crippen LogP contribution in [0.1, 0.15) is 12.8 Å². The molecule has 0 spiro atoms. The van der Waals surface area contributed by atoms with Crippen molar-refractivity contribution >= 4 is 17.1 Å². The Morgan fingerprint density at radius 2 is 2.17 bits per heavy atom. The van der Waals surface area contributed by atoms with E-state index in [0.717, 1.165) is 17.6 Å². The third-order valence-corrected chi connectivity index (χ3v) is 4.41. The number of amides is 1. The van der Waals surface area contributed by atoms with E-state index in [2.05, 4.69) is 10.3 Å². The van der Waals surface area contributed by atoms with Crippen molar-refractivity contribution in [1.29, 1.82) is 0 Å². The number of hydrogen-bond donors (Lipinski definition) is 1. The van der Waals surface area contributed by atoms with Crippen LogP contribution in [0.15, 0.2) is 15.9 Å². The van der Waals surface area contributed by atoms with Crippen LogP contribution in [0.2, 0.25) is 0 Å². The van der Waals surface area contributed by atoms with Crippen LogP contribution in [0, 0.1) is 5.92 Å². The van der Waals surface area contributed by atoms with E-state index in [1.807, 2.05) is 0 Å². The molecule has 0 bridgehead atoms. The van der Waals surface area contributed by atoms with E-state index in [0.29, 0.717) is 36.8 Å². The van der Waals surface area contributed by atoms with E-state index in [-0.39, 0.29) is 12.3 Å². The van der Waals surface area contributed by atoms with Gasteiger partial charge in [-0.1, -0.05) is 0 Å². The lowest BCUT2D eigenvalue weighted by atomic mass is 10.1. The van der Waals surface area contributed by atoms with E-state index in [4.69, 9.17) is 4.74 Å². The minimum absolute atomic E-state index is 0.0783. The summed E-state index contributed by atoms with van der Waals surface area (Å²) in [5.41, 5.74) is -0.174. The molecule has 1 saturated heterocycles. The molecule has 2 aromatic rings. The molecule has 3 rings (SSSR count). The zero-order valence-electron chi connectivity index (χ0n) is 13.8. The minimum Gasteiger partial charge on any atom is -0.381 e. The number of aromatic nitrogens is 4. The van der Waals surface area contributed by atoms with Crippen LogP contribution >= 0.6 is 0 Å². The Kier molecular flexibility index (Phi) is 4.52. The number of imidazole rings is 1. The van der Waals surface area contributed by atoms with Crippen molar-refractivity contribution in [3.05, 3.63) is 27.2 Å². The Morgan fingerprint density at radius 1 is 1.38 bits per heavy atom. The molecule has 3 heterocycles. The van der Waals surface area contributed by atoms with Crippen LogP contribution in [-0.4, -0.2) is 44.4 Å². The maximum atomic E-state index is 12.3. The second kappa shape index (κ2) is 6.60. The lowest BCUT2D eigenvalue weighted by Crippen LogP contribution is -2.37. The largest absolute Gasteiger partial charge is 0.381 e. The number of ether oxygens (including phenoxy) is 1. The van der Waals surface area contributed by atoms with Gasteiger partial charge in [0.05, 0.1) is 12.9 Å². The normalized spacial score (nSPS) is 17.5. The first-order chi connectivity index (χ1) is 11.5. The van der Waals surface area contributed by atoms with Crippen LogP contribution in [0.25, 0.3) is 11.2 Å². The van der Waals surface area contributed by atoms with Gasteiger partial charge in [-0.2, -0.15) is 0 Å². The van der Waals surface area contributed by atoms with Crippen molar-refractivity contribution in [1.82, 2.24) is 24.0 Å². The van der Waals surface area contributed by atoms with Crippen LogP contribution in [0.5, 0.6) is 0 Å². The summed E-state index contributed by atoms with van der Waals surface area (Å²) in [4.78, 5) is 40.3. The summed E-state index contributed by atoms with van der Waals surface area (Å²) in [5.74, 6) is 0.301. The topological polar surface area (TPSA) is 100 Å². The Morgan fingerprint density at radius 3 is 2.88 bits per heavy atom. The first-order valence-electron chi connectivity index (χ1n) is 7.94. The summed E-state index contributed by atoms with van der Waals surface area (Å²) in [6.45, 7) is 2.39. The van der Waals surface area contributed by atoms with E-state index in [1.54, 1.807) is 11.6 Å². The number of nitrogens with zero attached hydrogens (tertiary/aromatic N) is 4. The predicted octanol–water partition coefficient (Wildman–Crippen LogP) is -1.02. The van der Waals surface area contributed by atoms with Crippen LogP contribution in [0.4, 0.5) is 0 Å². The Labute approximate surface area is 137 Å². The van der Waals surface area contributed by atoms with E-state index in [1.165, 1.54) is 17.9 Å². The molecule has 0 aromatic carbocycles. The summed E-state index contributed by atoms with van der Waals surface area (Å²) in [6, 6.07) is 0. The zero-order chi connectivity index (χ0) is 17.3. The highest BCUT2D eigenvalue weighted by Crippen LogP contribution is 2.11. The second-order valence-corrected chi connectivity index (χ2v) is 6.10. The molecule has 130 valence electrons. The number of carbonyl (C=O) groups excluding carboxylic acids is 1. The van der Waals surface area contributed by atoms with Crippen molar-refractivity contribution in [2.75, 3.05) is 19.8 Å². The highest BCUT2D eigenvalue weighted by Gasteiger charge is 2.17. The number of nitrogens with one attached hydrogen (secondary N) is 1.